The first-order valence-corrected chi connectivity index (χ1v) is 4.48. The lowest BCUT2D eigenvalue weighted by Crippen LogP contribution is -2.30. The molecule has 0 heterocycles. The lowest BCUT2D eigenvalue weighted by molar-refractivity contribution is -0.149. The fraction of sp³-hybridized carbons (Fsp3) is 0.889. The summed E-state index contributed by atoms with van der Waals surface area (Å²) in [5.41, 5.74) is 0. The van der Waals surface area contributed by atoms with Crippen LogP contribution >= 0.6 is 0 Å². The van der Waals surface area contributed by atoms with E-state index in [0.29, 0.717) is 0 Å². The van der Waals surface area contributed by atoms with Crippen molar-refractivity contribution in [3.63, 3.8) is 0 Å². The quantitative estimate of drug-likeness (QED) is 0.631. The average Bonchev–Trinajstić information content (AvgIpc) is 2.16. The summed E-state index contributed by atoms with van der Waals surface area (Å²) in [5.74, 6) is -0.0892. The van der Waals surface area contributed by atoms with Crippen molar-refractivity contribution < 1.29 is 14.6 Å². The first-order chi connectivity index (χ1) is 5.79. The van der Waals surface area contributed by atoms with Gasteiger partial charge in [-0.15, -0.1) is 0 Å². The van der Waals surface area contributed by atoms with Crippen LogP contribution in [-0.4, -0.2) is 24.8 Å². The molecule has 0 aromatic rings. The highest BCUT2D eigenvalue weighted by atomic mass is 16.5. The molecule has 1 N–H and O–H groups in total. The number of esters is 1. The van der Waals surface area contributed by atoms with Gasteiger partial charge < -0.3 is 9.84 Å². The second-order valence-electron chi connectivity index (χ2n) is 3.36. The summed E-state index contributed by atoms with van der Waals surface area (Å²) in [5, 5.41) is 9.00. The summed E-state index contributed by atoms with van der Waals surface area (Å²) in [6.45, 7) is 0.111. The maximum absolute atomic E-state index is 11.2. The van der Waals surface area contributed by atoms with E-state index in [1.807, 2.05) is 0 Å². The van der Waals surface area contributed by atoms with E-state index in [9.17, 15) is 4.79 Å². The van der Waals surface area contributed by atoms with Crippen molar-refractivity contribution in [2.45, 2.75) is 25.7 Å². The van der Waals surface area contributed by atoms with Gasteiger partial charge in [0.2, 0.25) is 0 Å². The molecule has 0 aliphatic heterocycles. The van der Waals surface area contributed by atoms with E-state index in [1.165, 1.54) is 7.11 Å². The number of aliphatic hydroxyl groups excluding tert-OH is 1. The number of aliphatic hydroxyl groups is 1. The first-order valence-electron chi connectivity index (χ1n) is 4.48. The molecule has 1 aliphatic rings. The fourth-order valence-electron chi connectivity index (χ4n) is 1.89. The molecule has 0 amide bonds. The van der Waals surface area contributed by atoms with Crippen molar-refractivity contribution in [2.75, 3.05) is 13.7 Å². The minimum Gasteiger partial charge on any atom is -0.469 e. The van der Waals surface area contributed by atoms with Crippen molar-refractivity contribution in [1.29, 1.82) is 0 Å². The Bertz CT molecular complexity index is 156. The summed E-state index contributed by atoms with van der Waals surface area (Å²) >= 11 is 0. The van der Waals surface area contributed by atoms with E-state index >= 15 is 0 Å². The lowest BCUT2D eigenvalue weighted by Gasteiger charge is -2.27. The Morgan fingerprint density at radius 2 is 2.17 bits per heavy atom. The van der Waals surface area contributed by atoms with Crippen molar-refractivity contribution in [2.24, 2.45) is 11.8 Å². The Kier molecular flexibility index (Phi) is 3.53. The molecular formula is C9H16O3. The zero-order valence-corrected chi connectivity index (χ0v) is 7.45. The Morgan fingerprint density at radius 1 is 1.50 bits per heavy atom. The SMILES string of the molecule is COC(=O)[C@@H]1CCCC[C@@H]1CO. The van der Waals surface area contributed by atoms with E-state index in [2.05, 4.69) is 4.74 Å². The number of hydrogen-bond donors (Lipinski definition) is 1. The fourth-order valence-corrected chi connectivity index (χ4v) is 1.89. The number of rotatable bonds is 2. The molecule has 1 saturated carbocycles. The van der Waals surface area contributed by atoms with E-state index in [4.69, 9.17) is 5.11 Å². The minimum atomic E-state index is -0.159. The van der Waals surface area contributed by atoms with E-state index in [0.717, 1.165) is 25.7 Å². The smallest absolute Gasteiger partial charge is 0.309 e. The van der Waals surface area contributed by atoms with Crippen LogP contribution in [0.5, 0.6) is 0 Å². The normalized spacial score (nSPS) is 29.8. The largest absolute Gasteiger partial charge is 0.469 e. The highest BCUT2D eigenvalue weighted by Gasteiger charge is 2.30. The molecular weight excluding hydrogens is 156 g/mol. The Labute approximate surface area is 72.7 Å². The molecule has 0 unspecified atom stereocenters. The Morgan fingerprint density at radius 3 is 2.75 bits per heavy atom. The number of ether oxygens (including phenoxy) is 1. The molecule has 0 aromatic heterocycles. The van der Waals surface area contributed by atoms with E-state index in [-0.39, 0.29) is 24.4 Å². The first kappa shape index (κ1) is 9.52. The van der Waals surface area contributed by atoms with Crippen molar-refractivity contribution >= 4 is 5.97 Å². The summed E-state index contributed by atoms with van der Waals surface area (Å²) in [6, 6.07) is 0. The third-order valence-corrected chi connectivity index (χ3v) is 2.65. The molecule has 2 atom stereocenters. The zero-order chi connectivity index (χ0) is 8.97. The number of methoxy groups -OCH3 is 1. The molecule has 3 nitrogen and oxygen atoms in total. The van der Waals surface area contributed by atoms with Gasteiger partial charge in [0.05, 0.1) is 13.0 Å². The molecule has 0 spiro atoms. The lowest BCUT2D eigenvalue weighted by atomic mass is 9.80. The number of hydrogen-bond acceptors (Lipinski definition) is 3. The van der Waals surface area contributed by atoms with Crippen LogP contribution in [-0.2, 0) is 9.53 Å². The average molecular weight is 172 g/mol. The maximum atomic E-state index is 11.2. The topological polar surface area (TPSA) is 46.5 Å². The minimum absolute atomic E-state index is 0.0613. The van der Waals surface area contributed by atoms with Crippen molar-refractivity contribution in [3.8, 4) is 0 Å². The second-order valence-corrected chi connectivity index (χ2v) is 3.36. The molecule has 1 aliphatic carbocycles. The molecule has 1 fully saturated rings. The van der Waals surface area contributed by atoms with Gasteiger partial charge in [0, 0.05) is 6.61 Å². The molecule has 0 radical (unpaired) electrons. The van der Waals surface area contributed by atoms with E-state index < -0.39 is 0 Å². The van der Waals surface area contributed by atoms with Crippen LogP contribution in [0.4, 0.5) is 0 Å². The zero-order valence-electron chi connectivity index (χ0n) is 7.45. The summed E-state index contributed by atoms with van der Waals surface area (Å²) in [4.78, 5) is 11.2. The van der Waals surface area contributed by atoms with Gasteiger partial charge in [-0.2, -0.15) is 0 Å². The highest BCUT2D eigenvalue weighted by molar-refractivity contribution is 5.72. The van der Waals surface area contributed by atoms with Crippen LogP contribution in [0.25, 0.3) is 0 Å². The summed E-state index contributed by atoms with van der Waals surface area (Å²) in [7, 11) is 1.41. The number of carbonyl (C=O) groups excluding carboxylic acids is 1. The van der Waals surface area contributed by atoms with Gasteiger partial charge in [-0.3, -0.25) is 4.79 Å². The third-order valence-electron chi connectivity index (χ3n) is 2.65. The molecule has 3 heteroatoms. The molecule has 1 rings (SSSR count). The van der Waals surface area contributed by atoms with Crippen LogP contribution in [0.2, 0.25) is 0 Å². The van der Waals surface area contributed by atoms with Gasteiger partial charge in [0.25, 0.3) is 0 Å². The summed E-state index contributed by atoms with van der Waals surface area (Å²) in [6.07, 6.45) is 4.03. The van der Waals surface area contributed by atoms with Crippen molar-refractivity contribution in [1.82, 2.24) is 0 Å². The van der Waals surface area contributed by atoms with Gasteiger partial charge in [-0.25, -0.2) is 0 Å². The van der Waals surface area contributed by atoms with Crippen molar-refractivity contribution in [3.05, 3.63) is 0 Å². The van der Waals surface area contributed by atoms with Crippen LogP contribution < -0.4 is 0 Å². The van der Waals surface area contributed by atoms with Crippen LogP contribution in [0.15, 0.2) is 0 Å². The molecule has 70 valence electrons. The maximum Gasteiger partial charge on any atom is 0.309 e. The monoisotopic (exact) mass is 172 g/mol. The molecule has 0 aromatic carbocycles. The summed E-state index contributed by atoms with van der Waals surface area (Å²) < 4.78 is 4.67. The second kappa shape index (κ2) is 4.45. The van der Waals surface area contributed by atoms with Crippen LogP contribution in [0.3, 0.4) is 0 Å². The predicted octanol–water partition coefficient (Wildman–Crippen LogP) is 0.958. The van der Waals surface area contributed by atoms with Crippen LogP contribution in [0, 0.1) is 11.8 Å². The predicted molar refractivity (Wildman–Crippen MR) is 44.5 cm³/mol. The van der Waals surface area contributed by atoms with E-state index in [1.54, 1.807) is 0 Å². The van der Waals surface area contributed by atoms with Gasteiger partial charge in [-0.1, -0.05) is 12.8 Å². The Balaban J connectivity index is 2.52. The van der Waals surface area contributed by atoms with Gasteiger partial charge in [0.15, 0.2) is 0 Å². The molecule has 0 saturated heterocycles. The number of carbonyl (C=O) groups is 1. The molecule has 12 heavy (non-hydrogen) atoms. The van der Waals surface area contributed by atoms with Gasteiger partial charge in [-0.05, 0) is 18.8 Å². The van der Waals surface area contributed by atoms with Gasteiger partial charge >= 0.3 is 5.97 Å². The van der Waals surface area contributed by atoms with Gasteiger partial charge in [0.1, 0.15) is 0 Å². The standard InChI is InChI=1S/C9H16O3/c1-12-9(11)8-5-3-2-4-7(8)6-10/h7-8,10H,2-6H2,1H3/t7-,8-/m1/s1. The highest BCUT2D eigenvalue weighted by Crippen LogP contribution is 2.30. The van der Waals surface area contributed by atoms with Crippen LogP contribution in [0.1, 0.15) is 25.7 Å². The third kappa shape index (κ3) is 1.97. The Hall–Kier alpha value is -0.570. The molecule has 0 bridgehead atoms.